The van der Waals surface area contributed by atoms with E-state index in [0.717, 1.165) is 16.8 Å². The molecule has 0 aromatic heterocycles. The van der Waals surface area contributed by atoms with Gasteiger partial charge in [0.1, 0.15) is 0 Å². The smallest absolute Gasteiger partial charge is 0.179 e. The standard InChI is InChI=1S/C21H27NO3S/c1-14-9-10-18-17(11-14)19(15-7-6-8-16(12-15)22(4)5)20(23)21(2,3)13-26(18,24)25/h6-12,19-20,23H,13H2,1-5H3/t19-,20-/m1/s1. The van der Waals surface area contributed by atoms with Crippen molar-refractivity contribution in [1.29, 1.82) is 0 Å². The molecule has 0 spiro atoms. The van der Waals surface area contributed by atoms with Crippen LogP contribution in [0.4, 0.5) is 5.69 Å². The molecule has 1 aliphatic heterocycles. The molecule has 0 amide bonds. The minimum absolute atomic E-state index is 0.0684. The van der Waals surface area contributed by atoms with Gasteiger partial charge in [-0.2, -0.15) is 0 Å². The number of rotatable bonds is 2. The van der Waals surface area contributed by atoms with E-state index in [1.807, 2.05) is 76.2 Å². The molecule has 0 radical (unpaired) electrons. The highest BCUT2D eigenvalue weighted by molar-refractivity contribution is 7.91. The molecule has 26 heavy (non-hydrogen) atoms. The monoisotopic (exact) mass is 373 g/mol. The summed E-state index contributed by atoms with van der Waals surface area (Å²) >= 11 is 0. The Morgan fingerprint density at radius 2 is 1.81 bits per heavy atom. The third-order valence-electron chi connectivity index (χ3n) is 5.26. The van der Waals surface area contributed by atoms with Crippen LogP contribution in [-0.2, 0) is 9.84 Å². The van der Waals surface area contributed by atoms with Gasteiger partial charge in [0.15, 0.2) is 9.84 Å². The van der Waals surface area contributed by atoms with E-state index >= 15 is 0 Å². The quantitative estimate of drug-likeness (QED) is 0.877. The molecule has 2 atom stereocenters. The molecule has 3 rings (SSSR count). The number of aliphatic hydroxyl groups is 1. The Morgan fingerprint density at radius 1 is 1.12 bits per heavy atom. The SMILES string of the molecule is Cc1ccc2c(c1)[C@@H](c1cccc(N(C)C)c1)[C@@H](O)C(C)(C)CS2(=O)=O. The second-order valence-electron chi connectivity index (χ2n) is 8.20. The summed E-state index contributed by atoms with van der Waals surface area (Å²) in [6.07, 6.45) is -0.808. The highest BCUT2D eigenvalue weighted by Gasteiger charge is 2.44. The van der Waals surface area contributed by atoms with Crippen LogP contribution in [-0.4, -0.2) is 39.5 Å². The van der Waals surface area contributed by atoms with Crippen LogP contribution in [0.25, 0.3) is 0 Å². The second-order valence-corrected chi connectivity index (χ2v) is 10.2. The van der Waals surface area contributed by atoms with Gasteiger partial charge >= 0.3 is 0 Å². The molecular formula is C21H27NO3S. The number of hydrogen-bond donors (Lipinski definition) is 1. The molecule has 4 nitrogen and oxygen atoms in total. The summed E-state index contributed by atoms with van der Waals surface area (Å²) in [5, 5.41) is 11.3. The summed E-state index contributed by atoms with van der Waals surface area (Å²) < 4.78 is 26.0. The lowest BCUT2D eigenvalue weighted by atomic mass is 9.75. The lowest BCUT2D eigenvalue weighted by Gasteiger charge is -2.34. The second kappa shape index (κ2) is 6.39. The summed E-state index contributed by atoms with van der Waals surface area (Å²) in [4.78, 5) is 2.35. The molecule has 1 N–H and O–H groups in total. The molecule has 0 unspecified atom stereocenters. The Kier molecular flexibility index (Phi) is 4.65. The summed E-state index contributed by atoms with van der Waals surface area (Å²) in [7, 11) is 0.461. The number of aryl methyl sites for hydroxylation is 1. The van der Waals surface area contributed by atoms with E-state index in [9.17, 15) is 13.5 Å². The molecule has 1 heterocycles. The van der Waals surface area contributed by atoms with Crippen molar-refractivity contribution in [3.05, 3.63) is 59.2 Å². The van der Waals surface area contributed by atoms with Gasteiger partial charge in [-0.05, 0) is 36.2 Å². The van der Waals surface area contributed by atoms with E-state index in [1.54, 1.807) is 6.07 Å². The maximum atomic E-state index is 13.0. The Bertz CT molecular complexity index is 932. The van der Waals surface area contributed by atoms with Crippen LogP contribution in [0.5, 0.6) is 0 Å². The van der Waals surface area contributed by atoms with Gasteiger partial charge in [0.05, 0.1) is 16.8 Å². The lowest BCUT2D eigenvalue weighted by molar-refractivity contribution is 0.0521. The number of anilines is 1. The predicted molar refractivity (Wildman–Crippen MR) is 106 cm³/mol. The highest BCUT2D eigenvalue weighted by atomic mass is 32.2. The number of benzene rings is 2. The molecular weight excluding hydrogens is 346 g/mol. The topological polar surface area (TPSA) is 57.6 Å². The third-order valence-corrected chi connectivity index (χ3v) is 7.43. The molecule has 0 saturated heterocycles. The minimum Gasteiger partial charge on any atom is -0.392 e. The molecule has 0 saturated carbocycles. The van der Waals surface area contributed by atoms with Gasteiger partial charge in [0.25, 0.3) is 0 Å². The van der Waals surface area contributed by atoms with Crippen molar-refractivity contribution < 1.29 is 13.5 Å². The number of hydrogen-bond acceptors (Lipinski definition) is 4. The summed E-state index contributed by atoms with van der Waals surface area (Å²) in [5.74, 6) is -0.460. The van der Waals surface area contributed by atoms with Crippen LogP contribution >= 0.6 is 0 Å². The average Bonchev–Trinajstić information content (AvgIpc) is 2.59. The Labute approximate surface area is 156 Å². The zero-order chi connectivity index (χ0) is 19.3. The highest BCUT2D eigenvalue weighted by Crippen LogP contribution is 2.45. The molecule has 140 valence electrons. The van der Waals surface area contributed by atoms with Gasteiger partial charge in [0.2, 0.25) is 0 Å². The Morgan fingerprint density at radius 3 is 2.46 bits per heavy atom. The van der Waals surface area contributed by atoms with Crippen molar-refractivity contribution in [2.45, 2.75) is 37.7 Å². The van der Waals surface area contributed by atoms with Crippen molar-refractivity contribution in [2.75, 3.05) is 24.7 Å². The van der Waals surface area contributed by atoms with Crippen LogP contribution in [0.1, 0.15) is 36.5 Å². The van der Waals surface area contributed by atoms with Gasteiger partial charge in [-0.25, -0.2) is 8.42 Å². The van der Waals surface area contributed by atoms with Gasteiger partial charge in [-0.3, -0.25) is 0 Å². The van der Waals surface area contributed by atoms with Crippen LogP contribution in [0, 0.1) is 12.3 Å². The predicted octanol–water partition coefficient (Wildman–Crippen LogP) is 3.37. The van der Waals surface area contributed by atoms with Gasteiger partial charge in [0, 0.05) is 31.1 Å². The molecule has 5 heteroatoms. The summed E-state index contributed by atoms with van der Waals surface area (Å²) in [6, 6.07) is 13.4. The molecule has 0 fully saturated rings. The van der Waals surface area contributed by atoms with E-state index in [-0.39, 0.29) is 5.75 Å². The van der Waals surface area contributed by atoms with E-state index in [0.29, 0.717) is 10.5 Å². The van der Waals surface area contributed by atoms with E-state index in [4.69, 9.17) is 0 Å². The van der Waals surface area contributed by atoms with E-state index in [1.165, 1.54) is 0 Å². The number of aliphatic hydroxyl groups excluding tert-OH is 1. The van der Waals surface area contributed by atoms with E-state index in [2.05, 4.69) is 0 Å². The fraction of sp³-hybridized carbons (Fsp3) is 0.429. The van der Waals surface area contributed by atoms with Gasteiger partial charge in [-0.15, -0.1) is 0 Å². The maximum Gasteiger partial charge on any atom is 0.179 e. The zero-order valence-electron chi connectivity index (χ0n) is 16.0. The van der Waals surface area contributed by atoms with Crippen molar-refractivity contribution in [3.63, 3.8) is 0 Å². The van der Waals surface area contributed by atoms with E-state index < -0.39 is 27.3 Å². The summed E-state index contributed by atoms with van der Waals surface area (Å²) in [5.41, 5.74) is 2.87. The first-order chi connectivity index (χ1) is 12.0. The van der Waals surface area contributed by atoms with Crippen LogP contribution in [0.3, 0.4) is 0 Å². The molecule has 0 bridgehead atoms. The number of nitrogens with zero attached hydrogens (tertiary/aromatic N) is 1. The molecule has 2 aromatic carbocycles. The number of sulfone groups is 1. The fourth-order valence-electron chi connectivity index (χ4n) is 3.83. The molecule has 2 aromatic rings. The number of fused-ring (bicyclic) bond motifs is 1. The summed E-state index contributed by atoms with van der Waals surface area (Å²) in [6.45, 7) is 5.61. The van der Waals surface area contributed by atoms with Crippen LogP contribution < -0.4 is 4.90 Å². The Hall–Kier alpha value is -1.85. The van der Waals surface area contributed by atoms with Gasteiger partial charge < -0.3 is 10.0 Å². The van der Waals surface area contributed by atoms with Crippen molar-refractivity contribution >= 4 is 15.5 Å². The molecule has 1 aliphatic rings. The van der Waals surface area contributed by atoms with Crippen LogP contribution in [0.15, 0.2) is 47.4 Å². The van der Waals surface area contributed by atoms with Crippen LogP contribution in [0.2, 0.25) is 0 Å². The largest absolute Gasteiger partial charge is 0.392 e. The Balaban J connectivity index is 2.31. The van der Waals surface area contributed by atoms with Crippen molar-refractivity contribution in [3.8, 4) is 0 Å². The van der Waals surface area contributed by atoms with Crippen molar-refractivity contribution in [1.82, 2.24) is 0 Å². The first-order valence-electron chi connectivity index (χ1n) is 8.81. The first-order valence-corrected chi connectivity index (χ1v) is 10.5. The first kappa shape index (κ1) is 18.9. The maximum absolute atomic E-state index is 13.0. The normalized spacial score (nSPS) is 23.8. The third kappa shape index (κ3) is 3.26. The van der Waals surface area contributed by atoms with Gasteiger partial charge in [-0.1, -0.05) is 43.7 Å². The molecule has 0 aliphatic carbocycles. The zero-order valence-corrected chi connectivity index (χ0v) is 16.8. The minimum atomic E-state index is -3.47. The lowest BCUT2D eigenvalue weighted by Crippen LogP contribution is -2.38. The fourth-order valence-corrected chi connectivity index (χ4v) is 5.95. The average molecular weight is 374 g/mol. The van der Waals surface area contributed by atoms with Crippen molar-refractivity contribution in [2.24, 2.45) is 5.41 Å².